The molecule has 0 atom stereocenters. The molecule has 0 aromatic heterocycles. The normalized spacial score (nSPS) is 10.7. The van der Waals surface area contributed by atoms with E-state index in [4.69, 9.17) is 11.1 Å². The zero-order valence-corrected chi connectivity index (χ0v) is 10.5. The Morgan fingerprint density at radius 1 is 1.39 bits per heavy atom. The van der Waals surface area contributed by atoms with Gasteiger partial charge in [-0.25, -0.2) is 4.79 Å². The second-order valence-corrected chi connectivity index (χ2v) is 5.04. The smallest absolute Gasteiger partial charge is 0.341 e. The molecule has 18 heavy (non-hydrogen) atoms. The topological polar surface area (TPSA) is 122 Å². The predicted octanol–water partition coefficient (Wildman–Crippen LogP) is -0.290. The van der Waals surface area contributed by atoms with Gasteiger partial charge < -0.3 is 15.2 Å². The Balaban J connectivity index is 2.73. The van der Waals surface area contributed by atoms with E-state index in [1.807, 2.05) is 0 Å². The molecule has 4 N–H and O–H groups in total. The summed E-state index contributed by atoms with van der Waals surface area (Å²) in [7, 11) is -4.13. The van der Waals surface area contributed by atoms with Crippen molar-refractivity contribution in [2.75, 3.05) is 6.54 Å². The van der Waals surface area contributed by atoms with Crippen LogP contribution in [-0.4, -0.2) is 26.9 Å². The molecular weight excluding hydrogens is 258 g/mol. The quantitative estimate of drug-likeness (QED) is 0.393. The number of carbonyl (C=O) groups excluding carboxylic acids is 1. The molecule has 0 aliphatic carbocycles. The van der Waals surface area contributed by atoms with Crippen LogP contribution in [0.1, 0.15) is 5.56 Å². The highest BCUT2D eigenvalue weighted by Crippen LogP contribution is 2.13. The van der Waals surface area contributed by atoms with Crippen molar-refractivity contribution in [3.8, 4) is 0 Å². The van der Waals surface area contributed by atoms with Gasteiger partial charge in [0.25, 0.3) is 0 Å². The summed E-state index contributed by atoms with van der Waals surface area (Å²) in [5.74, 6) is -1.48. The van der Waals surface area contributed by atoms with Gasteiger partial charge in [-0.1, -0.05) is 17.7 Å². The fourth-order valence-electron chi connectivity index (χ4n) is 1.07. The van der Waals surface area contributed by atoms with Crippen LogP contribution in [-0.2, 0) is 19.1 Å². The average molecular weight is 271 g/mol. The van der Waals surface area contributed by atoms with E-state index < -0.39 is 28.6 Å². The molecule has 0 bridgehead atoms. The fourth-order valence-corrected chi connectivity index (χ4v) is 1.94. The first-order chi connectivity index (χ1) is 8.31. The Hall–Kier alpha value is -2.09. The van der Waals surface area contributed by atoms with Gasteiger partial charge in [-0.05, 0) is 19.1 Å². The minimum atomic E-state index is -4.13. The molecule has 0 aliphatic heterocycles. The molecule has 0 amide bonds. The van der Waals surface area contributed by atoms with Crippen LogP contribution in [0.2, 0.25) is 0 Å². The third kappa shape index (κ3) is 4.06. The van der Waals surface area contributed by atoms with Crippen LogP contribution in [0.5, 0.6) is 0 Å². The summed E-state index contributed by atoms with van der Waals surface area (Å²) in [5, 5.41) is 8.97. The number of nitrogens with two attached hydrogens (primary N) is 1. The van der Waals surface area contributed by atoms with Crippen molar-refractivity contribution >= 4 is 22.0 Å². The molecule has 0 radical (unpaired) electrons. The molecule has 0 saturated carbocycles. The van der Waals surface area contributed by atoms with Gasteiger partial charge in [0.1, 0.15) is 11.4 Å². The molecule has 0 spiro atoms. The second-order valence-electron chi connectivity index (χ2n) is 3.49. The van der Waals surface area contributed by atoms with Crippen molar-refractivity contribution in [3.63, 3.8) is 0 Å². The third-order valence-corrected chi connectivity index (χ3v) is 3.19. The molecule has 0 unspecified atom stereocenters. The molecular formula is C10H13N3O4S. The molecule has 8 heteroatoms. The average Bonchev–Trinajstić information content (AvgIpc) is 2.26. The first kappa shape index (κ1) is 14.0. The highest BCUT2D eigenvalue weighted by Gasteiger charge is 2.19. The van der Waals surface area contributed by atoms with E-state index in [1.54, 1.807) is 19.1 Å². The summed E-state index contributed by atoms with van der Waals surface area (Å²) in [6, 6.07) is 5.87. The molecule has 0 heterocycles. The van der Waals surface area contributed by atoms with Crippen LogP contribution in [0.25, 0.3) is 0 Å². The van der Waals surface area contributed by atoms with Gasteiger partial charge in [0, 0.05) is 0 Å². The monoisotopic (exact) mass is 271 g/mol. The number of benzene rings is 1. The zero-order valence-electron chi connectivity index (χ0n) is 9.64. The number of nitrogens with one attached hydrogen (secondary N) is 2. The fraction of sp³-hybridized carbons (Fsp3) is 0.200. The number of aryl methyl sites for hydroxylation is 1. The molecule has 0 saturated heterocycles. The summed E-state index contributed by atoms with van der Waals surface area (Å²) in [6.07, 6.45) is 0. The van der Waals surface area contributed by atoms with Crippen LogP contribution < -0.4 is 11.1 Å². The maximum absolute atomic E-state index is 11.6. The third-order valence-electron chi connectivity index (χ3n) is 1.94. The van der Waals surface area contributed by atoms with E-state index >= 15 is 0 Å². The molecule has 1 aromatic rings. The van der Waals surface area contributed by atoms with E-state index in [9.17, 15) is 13.2 Å². The van der Waals surface area contributed by atoms with Crippen LogP contribution >= 0.6 is 0 Å². The van der Waals surface area contributed by atoms with Gasteiger partial charge >= 0.3 is 16.1 Å². The summed E-state index contributed by atoms with van der Waals surface area (Å²) in [5.41, 5.74) is 5.83. The summed E-state index contributed by atoms with van der Waals surface area (Å²) < 4.78 is 27.6. The molecule has 7 nitrogen and oxygen atoms in total. The maximum Gasteiger partial charge on any atom is 0.341 e. The van der Waals surface area contributed by atoms with Gasteiger partial charge in [0.05, 0.1) is 0 Å². The number of hydrogen-bond acceptors (Lipinski definition) is 5. The first-order valence-corrected chi connectivity index (χ1v) is 6.34. The van der Waals surface area contributed by atoms with Gasteiger partial charge in [0.15, 0.2) is 5.96 Å². The van der Waals surface area contributed by atoms with E-state index in [-0.39, 0.29) is 4.90 Å². The second kappa shape index (κ2) is 5.50. The summed E-state index contributed by atoms with van der Waals surface area (Å²) >= 11 is 0. The van der Waals surface area contributed by atoms with E-state index in [0.29, 0.717) is 0 Å². The molecule has 0 aliphatic rings. The number of rotatable bonds is 4. The van der Waals surface area contributed by atoms with Crippen molar-refractivity contribution in [1.29, 1.82) is 5.41 Å². The van der Waals surface area contributed by atoms with Crippen molar-refractivity contribution in [2.45, 2.75) is 11.8 Å². The highest BCUT2D eigenvalue weighted by molar-refractivity contribution is 7.87. The number of guanidine groups is 1. The Morgan fingerprint density at radius 3 is 2.44 bits per heavy atom. The molecule has 0 fully saturated rings. The Morgan fingerprint density at radius 2 is 1.94 bits per heavy atom. The van der Waals surface area contributed by atoms with Gasteiger partial charge in [-0.15, -0.1) is 0 Å². The lowest BCUT2D eigenvalue weighted by Crippen LogP contribution is -2.35. The van der Waals surface area contributed by atoms with Crippen molar-refractivity contribution in [2.24, 2.45) is 5.73 Å². The Labute approximate surface area is 105 Å². The highest BCUT2D eigenvalue weighted by atomic mass is 32.2. The zero-order chi connectivity index (χ0) is 13.8. The van der Waals surface area contributed by atoms with Crippen LogP contribution in [0.4, 0.5) is 0 Å². The standard InChI is InChI=1S/C10H13N3O4S/c1-7-2-4-8(5-3-7)18(15,16)17-9(14)6-13-10(11)12/h2-5H,6H2,1H3,(H4,11,12,13). The van der Waals surface area contributed by atoms with Crippen molar-refractivity contribution in [1.82, 2.24) is 5.32 Å². The lowest BCUT2D eigenvalue weighted by atomic mass is 10.2. The van der Waals surface area contributed by atoms with Crippen molar-refractivity contribution < 1.29 is 17.4 Å². The van der Waals surface area contributed by atoms with Gasteiger partial charge in [-0.3, -0.25) is 5.41 Å². The molecule has 98 valence electrons. The number of carbonyl (C=O) groups is 1. The number of hydrogen-bond donors (Lipinski definition) is 3. The van der Waals surface area contributed by atoms with Crippen molar-refractivity contribution in [3.05, 3.63) is 29.8 Å². The van der Waals surface area contributed by atoms with Crippen LogP contribution in [0, 0.1) is 12.3 Å². The predicted molar refractivity (Wildman–Crippen MR) is 64.4 cm³/mol. The lowest BCUT2D eigenvalue weighted by Gasteiger charge is -2.06. The Bertz CT molecular complexity index is 551. The Kier molecular flexibility index (Phi) is 4.27. The lowest BCUT2D eigenvalue weighted by molar-refractivity contribution is -0.132. The maximum atomic E-state index is 11.6. The summed E-state index contributed by atoms with van der Waals surface area (Å²) in [4.78, 5) is 11.1. The van der Waals surface area contributed by atoms with Gasteiger partial charge in [-0.2, -0.15) is 8.42 Å². The van der Waals surface area contributed by atoms with Crippen LogP contribution in [0.3, 0.4) is 0 Å². The molecule has 1 rings (SSSR count). The first-order valence-electron chi connectivity index (χ1n) is 4.93. The van der Waals surface area contributed by atoms with Crippen LogP contribution in [0.15, 0.2) is 29.2 Å². The van der Waals surface area contributed by atoms with E-state index in [2.05, 4.69) is 9.50 Å². The minimum Gasteiger partial charge on any atom is -0.370 e. The molecule has 1 aromatic carbocycles. The SMILES string of the molecule is Cc1ccc(S(=O)(=O)OC(=O)CNC(=N)N)cc1. The van der Waals surface area contributed by atoms with E-state index in [0.717, 1.165) is 5.56 Å². The largest absolute Gasteiger partial charge is 0.370 e. The van der Waals surface area contributed by atoms with Gasteiger partial charge in [0.2, 0.25) is 0 Å². The minimum absolute atomic E-state index is 0.107. The summed E-state index contributed by atoms with van der Waals surface area (Å²) in [6.45, 7) is 1.32. The van der Waals surface area contributed by atoms with E-state index in [1.165, 1.54) is 12.1 Å².